The van der Waals surface area contributed by atoms with Crippen LogP contribution in [0.4, 0.5) is 5.82 Å². The van der Waals surface area contributed by atoms with E-state index in [4.69, 9.17) is 0 Å². The number of fused-ring (bicyclic) bond motifs is 1. The van der Waals surface area contributed by atoms with Crippen LogP contribution < -0.4 is 4.90 Å². The van der Waals surface area contributed by atoms with Crippen LogP contribution in [0.3, 0.4) is 0 Å². The highest BCUT2D eigenvalue weighted by Crippen LogP contribution is 2.30. The Bertz CT molecular complexity index is 1200. The third-order valence-electron chi connectivity index (χ3n) is 6.12. The van der Waals surface area contributed by atoms with Crippen LogP contribution >= 0.6 is 0 Å². The number of piperidine rings is 1. The van der Waals surface area contributed by atoms with Crippen molar-refractivity contribution in [3.05, 3.63) is 61.1 Å². The van der Waals surface area contributed by atoms with Crippen LogP contribution in [0.25, 0.3) is 28.0 Å². The van der Waals surface area contributed by atoms with Crippen molar-refractivity contribution in [3.63, 3.8) is 0 Å². The van der Waals surface area contributed by atoms with E-state index in [1.165, 1.54) is 0 Å². The van der Waals surface area contributed by atoms with Crippen LogP contribution in [0, 0.1) is 5.92 Å². The zero-order valence-electron chi connectivity index (χ0n) is 17.3. The lowest BCUT2D eigenvalue weighted by Crippen LogP contribution is -2.36. The second kappa shape index (κ2) is 7.44. The number of ketones is 1. The summed E-state index contributed by atoms with van der Waals surface area (Å²) in [6, 6.07) is 14.8. The number of nitrogens with zero attached hydrogens (tertiary/aromatic N) is 5. The number of aryl methyl sites for hydroxylation is 1. The highest BCUT2D eigenvalue weighted by molar-refractivity contribution is 5.78. The second-order valence-electron chi connectivity index (χ2n) is 8.07. The quantitative estimate of drug-likeness (QED) is 0.516. The third kappa shape index (κ3) is 3.28. The van der Waals surface area contributed by atoms with Crippen molar-refractivity contribution in [2.75, 3.05) is 18.0 Å². The van der Waals surface area contributed by atoms with Gasteiger partial charge in [0, 0.05) is 43.4 Å². The zero-order chi connectivity index (χ0) is 20.7. The van der Waals surface area contributed by atoms with Crippen molar-refractivity contribution in [1.29, 1.82) is 0 Å². The summed E-state index contributed by atoms with van der Waals surface area (Å²) in [4.78, 5) is 18.8. The average molecular weight is 399 g/mol. The van der Waals surface area contributed by atoms with Gasteiger partial charge in [-0.3, -0.25) is 13.9 Å². The molecule has 0 unspecified atom stereocenters. The third-order valence-corrected chi connectivity index (χ3v) is 6.12. The highest BCUT2D eigenvalue weighted by Gasteiger charge is 2.24. The Morgan fingerprint density at radius 2 is 1.70 bits per heavy atom. The molecule has 0 bridgehead atoms. The van der Waals surface area contributed by atoms with E-state index in [0.29, 0.717) is 5.78 Å². The van der Waals surface area contributed by atoms with Gasteiger partial charge in [-0.05, 0) is 37.5 Å². The molecule has 1 fully saturated rings. The molecule has 0 saturated carbocycles. The Hall–Kier alpha value is -3.41. The minimum Gasteiger partial charge on any atom is -0.358 e. The number of anilines is 1. The second-order valence-corrected chi connectivity index (χ2v) is 8.07. The van der Waals surface area contributed by atoms with Gasteiger partial charge in [0.1, 0.15) is 17.2 Å². The Kier molecular flexibility index (Phi) is 4.62. The van der Waals surface area contributed by atoms with Gasteiger partial charge in [-0.1, -0.05) is 30.3 Å². The van der Waals surface area contributed by atoms with Gasteiger partial charge >= 0.3 is 0 Å². The Labute approximate surface area is 175 Å². The Balaban J connectivity index is 1.49. The fourth-order valence-corrected chi connectivity index (χ4v) is 4.39. The maximum Gasteiger partial charge on any atom is 0.138 e. The molecule has 152 valence electrons. The minimum absolute atomic E-state index is 0.197. The maximum atomic E-state index is 11.7. The summed E-state index contributed by atoms with van der Waals surface area (Å²) < 4.78 is 4.04. The number of imidazole rings is 1. The fourth-order valence-electron chi connectivity index (χ4n) is 4.39. The van der Waals surface area contributed by atoms with E-state index in [2.05, 4.69) is 55.8 Å². The normalized spacial score (nSPS) is 15.1. The molecule has 1 aliphatic heterocycles. The van der Waals surface area contributed by atoms with Gasteiger partial charge in [-0.25, -0.2) is 4.98 Å². The van der Waals surface area contributed by atoms with Gasteiger partial charge in [-0.2, -0.15) is 5.10 Å². The van der Waals surface area contributed by atoms with E-state index in [9.17, 15) is 4.79 Å². The van der Waals surface area contributed by atoms with Gasteiger partial charge in [0.25, 0.3) is 0 Å². The van der Waals surface area contributed by atoms with Gasteiger partial charge < -0.3 is 4.90 Å². The minimum atomic E-state index is 0.197. The van der Waals surface area contributed by atoms with Gasteiger partial charge in [0.2, 0.25) is 0 Å². The monoisotopic (exact) mass is 399 g/mol. The van der Waals surface area contributed by atoms with E-state index in [1.807, 2.05) is 36.4 Å². The zero-order valence-corrected chi connectivity index (χ0v) is 17.3. The number of aromatic nitrogens is 4. The maximum absolute atomic E-state index is 11.7. The van der Waals surface area contributed by atoms with Crippen molar-refractivity contribution in [1.82, 2.24) is 19.2 Å². The number of Topliss-reactive ketones (excluding diaryl/α,β-unsaturated/α-hetero) is 1. The lowest BCUT2D eigenvalue weighted by atomic mass is 9.93. The van der Waals surface area contributed by atoms with E-state index in [-0.39, 0.29) is 5.92 Å². The van der Waals surface area contributed by atoms with Crippen LogP contribution in [0.1, 0.15) is 19.8 Å². The summed E-state index contributed by atoms with van der Waals surface area (Å²) in [5.74, 6) is 1.64. The summed E-state index contributed by atoms with van der Waals surface area (Å²) in [5.41, 5.74) is 5.39. The predicted octanol–water partition coefficient (Wildman–Crippen LogP) is 4.21. The van der Waals surface area contributed by atoms with Crippen LogP contribution in [0.5, 0.6) is 0 Å². The van der Waals surface area contributed by atoms with E-state index in [0.717, 1.165) is 59.8 Å². The lowest BCUT2D eigenvalue weighted by Gasteiger charge is -2.33. The Morgan fingerprint density at radius 1 is 0.967 bits per heavy atom. The molecule has 5 rings (SSSR count). The molecule has 1 aliphatic rings. The molecule has 4 heterocycles. The number of carbonyl (C=O) groups is 1. The summed E-state index contributed by atoms with van der Waals surface area (Å²) in [7, 11) is 1.93. The summed E-state index contributed by atoms with van der Waals surface area (Å²) in [5, 5.41) is 4.26. The molecule has 0 spiro atoms. The number of hydrogen-bond donors (Lipinski definition) is 0. The molecule has 30 heavy (non-hydrogen) atoms. The molecule has 1 aromatic carbocycles. The van der Waals surface area contributed by atoms with Crippen molar-refractivity contribution < 1.29 is 4.79 Å². The molecule has 0 aliphatic carbocycles. The first-order chi connectivity index (χ1) is 14.6. The molecule has 6 heteroatoms. The molecule has 4 aromatic rings. The first kappa shape index (κ1) is 18.6. The molecule has 0 amide bonds. The molecule has 3 aromatic heterocycles. The molecule has 0 radical (unpaired) electrons. The van der Waals surface area contributed by atoms with Crippen molar-refractivity contribution >= 4 is 17.2 Å². The molecular weight excluding hydrogens is 374 g/mol. The predicted molar refractivity (Wildman–Crippen MR) is 118 cm³/mol. The number of carbonyl (C=O) groups excluding carboxylic acids is 1. The largest absolute Gasteiger partial charge is 0.358 e. The van der Waals surface area contributed by atoms with Gasteiger partial charge in [-0.15, -0.1) is 0 Å². The molecule has 6 nitrogen and oxygen atoms in total. The van der Waals surface area contributed by atoms with Crippen LogP contribution in [0.15, 0.2) is 61.1 Å². The molecule has 0 N–H and O–H groups in total. The summed E-state index contributed by atoms with van der Waals surface area (Å²) >= 11 is 0. The molecular formula is C24H25N5O. The molecule has 1 saturated heterocycles. The van der Waals surface area contributed by atoms with E-state index in [1.54, 1.807) is 6.92 Å². The summed E-state index contributed by atoms with van der Waals surface area (Å²) in [6.07, 6.45) is 7.67. The van der Waals surface area contributed by atoms with E-state index < -0.39 is 0 Å². The number of benzene rings is 1. The fraction of sp³-hybridized carbons (Fsp3) is 0.292. The Morgan fingerprint density at radius 3 is 2.37 bits per heavy atom. The highest BCUT2D eigenvalue weighted by atomic mass is 16.1. The summed E-state index contributed by atoms with van der Waals surface area (Å²) in [6.45, 7) is 3.49. The van der Waals surface area contributed by atoms with Crippen molar-refractivity contribution in [2.24, 2.45) is 13.0 Å². The number of rotatable bonds is 4. The number of pyridine rings is 1. The standard InChI is InChI=1S/C24H25N5O/c1-17(30)18-10-12-28(13-11-18)24-5-3-4-23-25-15-22(29(23)24)20-8-6-19(7-9-20)21-14-26-27(2)16-21/h3-9,14-16,18H,10-13H2,1-2H3. The van der Waals surface area contributed by atoms with Crippen molar-refractivity contribution in [3.8, 4) is 22.4 Å². The smallest absolute Gasteiger partial charge is 0.138 e. The average Bonchev–Trinajstić information content (AvgIpc) is 3.40. The van der Waals surface area contributed by atoms with Crippen LogP contribution in [-0.4, -0.2) is 38.0 Å². The van der Waals surface area contributed by atoms with E-state index >= 15 is 0 Å². The van der Waals surface area contributed by atoms with Crippen LogP contribution in [-0.2, 0) is 11.8 Å². The topological polar surface area (TPSA) is 55.4 Å². The number of hydrogen-bond acceptors (Lipinski definition) is 4. The lowest BCUT2D eigenvalue weighted by molar-refractivity contribution is -0.121. The SMILES string of the molecule is CC(=O)C1CCN(c2cccc3ncc(-c4ccc(-c5cnn(C)c5)cc4)n23)CC1. The molecule has 0 atom stereocenters. The first-order valence-corrected chi connectivity index (χ1v) is 10.4. The first-order valence-electron chi connectivity index (χ1n) is 10.4. The van der Waals surface area contributed by atoms with Crippen LogP contribution in [0.2, 0.25) is 0 Å². The van der Waals surface area contributed by atoms with Gasteiger partial charge in [0.05, 0.1) is 18.1 Å². The van der Waals surface area contributed by atoms with Gasteiger partial charge in [0.15, 0.2) is 0 Å². The van der Waals surface area contributed by atoms with Crippen molar-refractivity contribution in [2.45, 2.75) is 19.8 Å².